The van der Waals surface area contributed by atoms with E-state index in [1.54, 1.807) is 5.06 Å². The topological polar surface area (TPSA) is 41.8 Å². The van der Waals surface area contributed by atoms with Gasteiger partial charge >= 0.3 is 5.97 Å². The van der Waals surface area contributed by atoms with Crippen molar-refractivity contribution in [3.05, 3.63) is 35.9 Å². The standard InChI is InChI=1S/C11H13NO3/c1-14-11(13)10(12-8-15-12)7-9-5-3-2-4-6-9/h2-6,10H,7-8H2,1H3. The highest BCUT2D eigenvalue weighted by Crippen LogP contribution is 2.18. The summed E-state index contributed by atoms with van der Waals surface area (Å²) in [5.41, 5.74) is 1.10. The van der Waals surface area contributed by atoms with E-state index < -0.39 is 0 Å². The average Bonchev–Trinajstić information content (AvgIpc) is 3.10. The Morgan fingerprint density at radius 2 is 2.20 bits per heavy atom. The summed E-state index contributed by atoms with van der Waals surface area (Å²) in [6, 6.07) is 9.50. The summed E-state index contributed by atoms with van der Waals surface area (Å²) in [6.45, 7) is 0.507. The van der Waals surface area contributed by atoms with Gasteiger partial charge in [0.15, 0.2) is 0 Å². The van der Waals surface area contributed by atoms with Gasteiger partial charge in [-0.3, -0.25) is 9.63 Å². The first-order valence-electron chi connectivity index (χ1n) is 4.82. The fourth-order valence-corrected chi connectivity index (χ4v) is 1.49. The van der Waals surface area contributed by atoms with E-state index in [2.05, 4.69) is 0 Å². The molecule has 1 heterocycles. The van der Waals surface area contributed by atoms with E-state index in [-0.39, 0.29) is 12.0 Å². The van der Waals surface area contributed by atoms with Gasteiger partial charge in [0.25, 0.3) is 0 Å². The van der Waals surface area contributed by atoms with Crippen molar-refractivity contribution < 1.29 is 14.4 Å². The molecule has 0 aliphatic carbocycles. The third kappa shape index (κ3) is 2.55. The summed E-state index contributed by atoms with van der Waals surface area (Å²) in [5, 5.41) is 1.62. The molecule has 0 aromatic heterocycles. The van der Waals surface area contributed by atoms with E-state index in [0.717, 1.165) is 5.56 Å². The van der Waals surface area contributed by atoms with Crippen LogP contribution in [-0.2, 0) is 20.8 Å². The predicted octanol–water partition coefficient (Wildman–Crippen LogP) is 0.975. The van der Waals surface area contributed by atoms with Crippen molar-refractivity contribution in [1.29, 1.82) is 0 Å². The quantitative estimate of drug-likeness (QED) is 0.545. The molecule has 1 fully saturated rings. The van der Waals surface area contributed by atoms with Crippen LogP contribution in [0.1, 0.15) is 5.56 Å². The largest absolute Gasteiger partial charge is 0.468 e. The first kappa shape index (κ1) is 10.1. The maximum atomic E-state index is 11.5. The van der Waals surface area contributed by atoms with Crippen LogP contribution >= 0.6 is 0 Å². The lowest BCUT2D eigenvalue weighted by atomic mass is 10.1. The molecule has 2 atom stereocenters. The second kappa shape index (κ2) is 4.42. The van der Waals surface area contributed by atoms with Gasteiger partial charge in [0.1, 0.15) is 12.8 Å². The highest BCUT2D eigenvalue weighted by Gasteiger charge is 2.35. The number of carbonyl (C=O) groups is 1. The van der Waals surface area contributed by atoms with Crippen molar-refractivity contribution in [2.75, 3.05) is 13.8 Å². The van der Waals surface area contributed by atoms with Crippen molar-refractivity contribution in [3.8, 4) is 0 Å². The fourth-order valence-electron chi connectivity index (χ4n) is 1.49. The summed E-state index contributed by atoms with van der Waals surface area (Å²) in [4.78, 5) is 16.5. The molecule has 0 saturated carbocycles. The van der Waals surface area contributed by atoms with E-state index in [0.29, 0.717) is 13.2 Å². The van der Waals surface area contributed by atoms with E-state index in [9.17, 15) is 4.79 Å². The van der Waals surface area contributed by atoms with E-state index in [4.69, 9.17) is 9.57 Å². The Bertz CT molecular complexity index is 335. The molecule has 1 aliphatic heterocycles. The Labute approximate surface area is 88.4 Å². The van der Waals surface area contributed by atoms with Gasteiger partial charge in [0.05, 0.1) is 7.11 Å². The van der Waals surface area contributed by atoms with Crippen LogP contribution < -0.4 is 0 Å². The number of methoxy groups -OCH3 is 1. The van der Waals surface area contributed by atoms with Crippen LogP contribution in [0.5, 0.6) is 0 Å². The molecule has 1 saturated heterocycles. The van der Waals surface area contributed by atoms with Crippen LogP contribution in [0.25, 0.3) is 0 Å². The molecule has 15 heavy (non-hydrogen) atoms. The molecular weight excluding hydrogens is 194 g/mol. The Hall–Kier alpha value is -1.39. The Morgan fingerprint density at radius 1 is 1.53 bits per heavy atom. The van der Waals surface area contributed by atoms with Gasteiger partial charge in [-0.05, 0) is 5.56 Å². The fraction of sp³-hybridized carbons (Fsp3) is 0.364. The summed E-state index contributed by atoms with van der Waals surface area (Å²) in [7, 11) is 1.39. The molecule has 4 heteroatoms. The summed E-state index contributed by atoms with van der Waals surface area (Å²) < 4.78 is 4.73. The number of hydrogen-bond acceptors (Lipinski definition) is 4. The van der Waals surface area contributed by atoms with Crippen molar-refractivity contribution in [1.82, 2.24) is 5.06 Å². The van der Waals surface area contributed by atoms with Gasteiger partial charge in [0.2, 0.25) is 0 Å². The maximum Gasteiger partial charge on any atom is 0.325 e. The zero-order valence-corrected chi connectivity index (χ0v) is 8.55. The van der Waals surface area contributed by atoms with E-state index in [1.807, 2.05) is 30.3 Å². The molecule has 1 aromatic carbocycles. The molecule has 2 rings (SSSR count). The minimum atomic E-state index is -0.322. The van der Waals surface area contributed by atoms with Gasteiger partial charge < -0.3 is 4.74 Å². The first-order chi connectivity index (χ1) is 7.31. The van der Waals surface area contributed by atoms with Crippen LogP contribution in [-0.4, -0.2) is 30.9 Å². The van der Waals surface area contributed by atoms with Crippen LogP contribution in [0, 0.1) is 0 Å². The van der Waals surface area contributed by atoms with E-state index in [1.165, 1.54) is 7.11 Å². The number of benzene rings is 1. The van der Waals surface area contributed by atoms with Gasteiger partial charge in [0, 0.05) is 6.42 Å². The second-order valence-electron chi connectivity index (χ2n) is 3.40. The maximum absolute atomic E-state index is 11.5. The molecule has 2 unspecified atom stereocenters. The molecule has 1 aromatic rings. The molecule has 0 N–H and O–H groups in total. The predicted molar refractivity (Wildman–Crippen MR) is 53.7 cm³/mol. The van der Waals surface area contributed by atoms with Crippen molar-refractivity contribution in [3.63, 3.8) is 0 Å². The zero-order valence-electron chi connectivity index (χ0n) is 8.55. The number of hydrogen-bond donors (Lipinski definition) is 0. The Kier molecular flexibility index (Phi) is 2.99. The minimum absolute atomic E-state index is 0.253. The number of rotatable bonds is 4. The summed E-state index contributed by atoms with van der Waals surface area (Å²) >= 11 is 0. The van der Waals surface area contributed by atoms with Crippen LogP contribution in [0.3, 0.4) is 0 Å². The highest BCUT2D eigenvalue weighted by atomic mass is 16.8. The smallest absolute Gasteiger partial charge is 0.325 e. The number of carbonyl (C=O) groups excluding carboxylic acids is 1. The molecule has 0 bridgehead atoms. The zero-order chi connectivity index (χ0) is 10.7. The second-order valence-corrected chi connectivity index (χ2v) is 3.40. The van der Waals surface area contributed by atoms with Crippen LogP contribution in [0.2, 0.25) is 0 Å². The monoisotopic (exact) mass is 207 g/mol. The average molecular weight is 207 g/mol. The van der Waals surface area contributed by atoms with Gasteiger partial charge in [-0.25, -0.2) is 0 Å². The normalized spacial score (nSPS) is 20.7. The lowest BCUT2D eigenvalue weighted by Gasteiger charge is -2.12. The summed E-state index contributed by atoms with van der Waals surface area (Å²) in [6.07, 6.45) is 0.619. The number of ether oxygens (including phenoxy) is 1. The molecular formula is C11H13NO3. The molecule has 0 amide bonds. The number of esters is 1. The Morgan fingerprint density at radius 3 is 2.73 bits per heavy atom. The van der Waals surface area contributed by atoms with Crippen molar-refractivity contribution >= 4 is 5.97 Å². The SMILES string of the molecule is COC(=O)C(Cc1ccccc1)N1CO1. The third-order valence-electron chi connectivity index (χ3n) is 2.37. The molecule has 0 spiro atoms. The van der Waals surface area contributed by atoms with Crippen LogP contribution in [0.4, 0.5) is 0 Å². The first-order valence-corrected chi connectivity index (χ1v) is 4.82. The lowest BCUT2D eigenvalue weighted by Crippen LogP contribution is -2.32. The highest BCUT2D eigenvalue weighted by molar-refractivity contribution is 5.76. The third-order valence-corrected chi connectivity index (χ3v) is 2.37. The molecule has 4 nitrogen and oxygen atoms in total. The lowest BCUT2D eigenvalue weighted by molar-refractivity contribution is -0.147. The van der Waals surface area contributed by atoms with Gasteiger partial charge in [-0.15, -0.1) is 5.06 Å². The van der Waals surface area contributed by atoms with Crippen molar-refractivity contribution in [2.24, 2.45) is 0 Å². The van der Waals surface area contributed by atoms with Gasteiger partial charge in [-0.2, -0.15) is 0 Å². The summed E-state index contributed by atoms with van der Waals surface area (Å²) in [5.74, 6) is -0.253. The van der Waals surface area contributed by atoms with Crippen molar-refractivity contribution in [2.45, 2.75) is 12.5 Å². The van der Waals surface area contributed by atoms with Gasteiger partial charge in [-0.1, -0.05) is 30.3 Å². The number of nitrogens with zero attached hydrogens (tertiary/aromatic N) is 1. The molecule has 0 radical (unpaired) electrons. The minimum Gasteiger partial charge on any atom is -0.468 e. The van der Waals surface area contributed by atoms with Crippen LogP contribution in [0.15, 0.2) is 30.3 Å². The van der Waals surface area contributed by atoms with E-state index >= 15 is 0 Å². The molecule has 80 valence electrons. The molecule has 1 aliphatic rings. The Balaban J connectivity index is 2.04. The number of hydroxylamine groups is 2.